The summed E-state index contributed by atoms with van der Waals surface area (Å²) in [6.45, 7) is 2.82. The van der Waals surface area contributed by atoms with Crippen LogP contribution >= 0.6 is 11.8 Å². The van der Waals surface area contributed by atoms with E-state index < -0.39 is 27.8 Å². The Balaban J connectivity index is 2.95. The highest BCUT2D eigenvalue weighted by Gasteiger charge is 2.24. The molecule has 21 heavy (non-hydrogen) atoms. The topological polar surface area (TPSA) is 92.5 Å². The lowest BCUT2D eigenvalue weighted by atomic mass is 10.1. The number of nitrogens with zero attached hydrogens (tertiary/aromatic N) is 1. The number of amides is 1. The highest BCUT2D eigenvalue weighted by Crippen LogP contribution is 2.21. The van der Waals surface area contributed by atoms with Crippen LogP contribution in [0.25, 0.3) is 0 Å². The third kappa shape index (κ3) is 4.68. The van der Waals surface area contributed by atoms with E-state index in [0.717, 1.165) is 12.1 Å². The summed E-state index contributed by atoms with van der Waals surface area (Å²) in [5.74, 6) is -1.20. The molecule has 1 atom stereocenters. The molecule has 0 spiro atoms. The maximum atomic E-state index is 13.9. The molecule has 0 aromatic heterocycles. The highest BCUT2D eigenvalue weighted by molar-refractivity contribution is 7.98. The molecular formula is C13H17FN2O4S. The summed E-state index contributed by atoms with van der Waals surface area (Å²) in [5, 5.41) is 23.1. The molecule has 0 saturated carbocycles. The van der Waals surface area contributed by atoms with Crippen LogP contribution < -0.4 is 5.32 Å². The summed E-state index contributed by atoms with van der Waals surface area (Å²) in [5.41, 5.74) is -1.87. The molecular weight excluding hydrogens is 299 g/mol. The van der Waals surface area contributed by atoms with Crippen molar-refractivity contribution in [3.05, 3.63) is 39.2 Å². The smallest absolute Gasteiger partial charge is 0.270 e. The Kier molecular flexibility index (Phi) is 5.68. The number of non-ortho nitro benzene ring substituents is 1. The van der Waals surface area contributed by atoms with Gasteiger partial charge in [0.15, 0.2) is 0 Å². The minimum absolute atomic E-state index is 0.0187. The standard InChI is InChI=1S/C13H17FN2O4S/c1-8-4-9(16(19)20)5-10(11(8)14)12(17)15-6-13(2,18)7-21-3/h4-5,18H,6-7H2,1-3H3,(H,15,17). The summed E-state index contributed by atoms with van der Waals surface area (Å²) in [6.07, 6.45) is 1.81. The Hall–Kier alpha value is -1.67. The van der Waals surface area contributed by atoms with E-state index in [1.807, 2.05) is 0 Å². The normalized spacial score (nSPS) is 13.6. The number of rotatable bonds is 6. The first kappa shape index (κ1) is 17.4. The number of hydrogen-bond acceptors (Lipinski definition) is 5. The lowest BCUT2D eigenvalue weighted by Crippen LogP contribution is -2.42. The zero-order valence-corrected chi connectivity index (χ0v) is 12.8. The Bertz CT molecular complexity index is 563. The first-order valence-corrected chi connectivity index (χ1v) is 7.51. The molecule has 0 heterocycles. The molecule has 1 aromatic carbocycles. The quantitative estimate of drug-likeness (QED) is 0.617. The average Bonchev–Trinajstić information content (AvgIpc) is 2.38. The highest BCUT2D eigenvalue weighted by atomic mass is 32.2. The molecule has 1 amide bonds. The van der Waals surface area contributed by atoms with Gasteiger partial charge >= 0.3 is 0 Å². The van der Waals surface area contributed by atoms with Crippen molar-refractivity contribution < 1.29 is 19.2 Å². The minimum Gasteiger partial charge on any atom is -0.387 e. The zero-order chi connectivity index (χ0) is 16.2. The first-order valence-electron chi connectivity index (χ1n) is 6.12. The van der Waals surface area contributed by atoms with E-state index in [4.69, 9.17) is 0 Å². The largest absolute Gasteiger partial charge is 0.387 e. The Morgan fingerprint density at radius 2 is 2.19 bits per heavy atom. The molecule has 1 unspecified atom stereocenters. The number of halogens is 1. The number of nitro groups is 1. The molecule has 116 valence electrons. The maximum Gasteiger partial charge on any atom is 0.270 e. The van der Waals surface area contributed by atoms with Crippen molar-refractivity contribution in [1.82, 2.24) is 5.32 Å². The average molecular weight is 316 g/mol. The van der Waals surface area contributed by atoms with Crippen LogP contribution in [0.5, 0.6) is 0 Å². The van der Waals surface area contributed by atoms with Gasteiger partial charge in [0.2, 0.25) is 0 Å². The van der Waals surface area contributed by atoms with Gasteiger partial charge in [0.25, 0.3) is 11.6 Å². The van der Waals surface area contributed by atoms with Gasteiger partial charge in [-0.25, -0.2) is 4.39 Å². The molecule has 0 aliphatic carbocycles. The lowest BCUT2D eigenvalue weighted by Gasteiger charge is -2.22. The summed E-state index contributed by atoms with van der Waals surface area (Å²) in [6, 6.07) is 1.96. The summed E-state index contributed by atoms with van der Waals surface area (Å²) in [4.78, 5) is 22.0. The molecule has 0 radical (unpaired) electrons. The molecule has 0 saturated heterocycles. The molecule has 6 nitrogen and oxygen atoms in total. The first-order chi connectivity index (χ1) is 9.68. The summed E-state index contributed by atoms with van der Waals surface area (Å²) >= 11 is 1.40. The lowest BCUT2D eigenvalue weighted by molar-refractivity contribution is -0.385. The van der Waals surface area contributed by atoms with Crippen molar-refractivity contribution in [3.8, 4) is 0 Å². The summed E-state index contributed by atoms with van der Waals surface area (Å²) in [7, 11) is 0. The van der Waals surface area contributed by atoms with E-state index >= 15 is 0 Å². The Labute approximate surface area is 125 Å². The predicted molar refractivity (Wildman–Crippen MR) is 79.1 cm³/mol. The van der Waals surface area contributed by atoms with Crippen molar-refractivity contribution in [2.24, 2.45) is 0 Å². The SMILES string of the molecule is CSCC(C)(O)CNC(=O)c1cc([N+](=O)[O-])cc(C)c1F. The van der Waals surface area contributed by atoms with Crippen LogP contribution in [0.1, 0.15) is 22.8 Å². The molecule has 0 aliphatic heterocycles. The van der Waals surface area contributed by atoms with Crippen LogP contribution in [-0.2, 0) is 0 Å². The van der Waals surface area contributed by atoms with E-state index in [0.29, 0.717) is 5.75 Å². The number of carbonyl (C=O) groups is 1. The maximum absolute atomic E-state index is 13.9. The minimum atomic E-state index is -1.14. The van der Waals surface area contributed by atoms with Gasteiger partial charge in [0.1, 0.15) is 5.82 Å². The third-order valence-electron chi connectivity index (χ3n) is 2.78. The predicted octanol–water partition coefficient (Wildman–Crippen LogP) is 1.89. The second kappa shape index (κ2) is 6.86. The van der Waals surface area contributed by atoms with Crippen molar-refractivity contribution in [2.45, 2.75) is 19.4 Å². The molecule has 8 heteroatoms. The van der Waals surface area contributed by atoms with Gasteiger partial charge in [0, 0.05) is 24.4 Å². The number of aryl methyl sites for hydroxylation is 1. The number of aliphatic hydroxyl groups is 1. The van der Waals surface area contributed by atoms with Gasteiger partial charge in [-0.15, -0.1) is 0 Å². The zero-order valence-electron chi connectivity index (χ0n) is 12.0. The Morgan fingerprint density at radius 3 is 2.71 bits per heavy atom. The number of nitro benzene ring substituents is 1. The number of thioether (sulfide) groups is 1. The molecule has 1 aromatic rings. The van der Waals surface area contributed by atoms with E-state index in [2.05, 4.69) is 5.32 Å². The van der Waals surface area contributed by atoms with Crippen LogP contribution in [0.2, 0.25) is 0 Å². The fourth-order valence-corrected chi connectivity index (χ4v) is 2.47. The van der Waals surface area contributed by atoms with Gasteiger partial charge in [0.05, 0.1) is 16.1 Å². The second-order valence-corrected chi connectivity index (χ2v) is 5.86. The van der Waals surface area contributed by atoms with Crippen LogP contribution in [0.15, 0.2) is 12.1 Å². The molecule has 0 fully saturated rings. The number of nitrogens with one attached hydrogen (secondary N) is 1. The number of hydrogen-bond donors (Lipinski definition) is 2. The van der Waals surface area contributed by atoms with Crippen LogP contribution in [0, 0.1) is 22.9 Å². The van der Waals surface area contributed by atoms with Crippen molar-refractivity contribution in [3.63, 3.8) is 0 Å². The van der Waals surface area contributed by atoms with Gasteiger partial charge < -0.3 is 10.4 Å². The number of carbonyl (C=O) groups excluding carboxylic acids is 1. The fraction of sp³-hybridized carbons (Fsp3) is 0.462. The van der Waals surface area contributed by atoms with Gasteiger partial charge in [-0.3, -0.25) is 14.9 Å². The Morgan fingerprint density at radius 1 is 1.57 bits per heavy atom. The molecule has 2 N–H and O–H groups in total. The van der Waals surface area contributed by atoms with Crippen LogP contribution in [-0.4, -0.2) is 40.1 Å². The monoisotopic (exact) mass is 316 g/mol. The molecule has 1 rings (SSSR count). The van der Waals surface area contributed by atoms with E-state index in [1.165, 1.54) is 18.7 Å². The molecule has 0 bridgehead atoms. The van der Waals surface area contributed by atoms with Crippen LogP contribution in [0.3, 0.4) is 0 Å². The molecule has 0 aliphatic rings. The van der Waals surface area contributed by atoms with Crippen molar-refractivity contribution in [2.75, 3.05) is 18.6 Å². The third-order valence-corrected chi connectivity index (χ3v) is 3.69. The van der Waals surface area contributed by atoms with Crippen molar-refractivity contribution in [1.29, 1.82) is 0 Å². The van der Waals surface area contributed by atoms with E-state index in [-0.39, 0.29) is 17.8 Å². The van der Waals surface area contributed by atoms with Crippen LogP contribution in [0.4, 0.5) is 10.1 Å². The summed E-state index contributed by atoms with van der Waals surface area (Å²) < 4.78 is 13.9. The van der Waals surface area contributed by atoms with Gasteiger partial charge in [-0.2, -0.15) is 11.8 Å². The van der Waals surface area contributed by atoms with Gasteiger partial charge in [-0.1, -0.05) is 0 Å². The number of benzene rings is 1. The fourth-order valence-electron chi connectivity index (χ4n) is 1.75. The van der Waals surface area contributed by atoms with Crippen molar-refractivity contribution >= 4 is 23.4 Å². The second-order valence-electron chi connectivity index (χ2n) is 4.99. The van der Waals surface area contributed by atoms with Gasteiger partial charge in [-0.05, 0) is 25.7 Å². The van der Waals surface area contributed by atoms with E-state index in [9.17, 15) is 24.4 Å². The van der Waals surface area contributed by atoms with E-state index in [1.54, 1.807) is 13.2 Å².